The van der Waals surface area contributed by atoms with Gasteiger partial charge in [-0.25, -0.2) is 0 Å². The van der Waals surface area contributed by atoms with Crippen molar-refractivity contribution in [3.05, 3.63) is 70.8 Å². The first-order chi connectivity index (χ1) is 16.7. The molecule has 1 amide bonds. The first-order valence-electron chi connectivity index (χ1n) is 12.4. The van der Waals surface area contributed by atoms with Gasteiger partial charge in [0.1, 0.15) is 0 Å². The minimum Gasteiger partial charge on any atom is -0.390 e. The van der Waals surface area contributed by atoms with E-state index >= 15 is 0 Å². The highest BCUT2D eigenvalue weighted by atomic mass is 19.4. The van der Waals surface area contributed by atoms with Crippen LogP contribution in [-0.4, -0.2) is 72.4 Å². The number of halogens is 3. The molecule has 1 atom stereocenters. The largest absolute Gasteiger partial charge is 0.401 e. The van der Waals surface area contributed by atoms with Crippen molar-refractivity contribution < 1.29 is 23.1 Å². The third-order valence-electron chi connectivity index (χ3n) is 7.00. The second kappa shape index (κ2) is 11.5. The fourth-order valence-electron chi connectivity index (χ4n) is 5.16. The monoisotopic (exact) mass is 489 g/mol. The summed E-state index contributed by atoms with van der Waals surface area (Å²) in [4.78, 5) is 16.4. The molecule has 2 N–H and O–H groups in total. The van der Waals surface area contributed by atoms with E-state index in [0.717, 1.165) is 44.3 Å². The van der Waals surface area contributed by atoms with Crippen molar-refractivity contribution in [2.75, 3.05) is 39.3 Å². The van der Waals surface area contributed by atoms with Crippen LogP contribution in [0.4, 0.5) is 13.2 Å². The minimum atomic E-state index is -4.15. The average molecular weight is 490 g/mol. The topological polar surface area (TPSA) is 55.8 Å². The van der Waals surface area contributed by atoms with Crippen LogP contribution in [0, 0.1) is 5.92 Å². The predicted molar refractivity (Wildman–Crippen MR) is 129 cm³/mol. The molecule has 1 saturated heterocycles. The Morgan fingerprint density at radius 2 is 1.77 bits per heavy atom. The van der Waals surface area contributed by atoms with Gasteiger partial charge in [0.25, 0.3) is 5.91 Å². The van der Waals surface area contributed by atoms with Gasteiger partial charge in [0.05, 0.1) is 12.6 Å². The van der Waals surface area contributed by atoms with Crippen molar-refractivity contribution >= 4 is 5.91 Å². The molecule has 35 heavy (non-hydrogen) atoms. The van der Waals surface area contributed by atoms with Gasteiger partial charge in [0, 0.05) is 31.7 Å². The number of alkyl halides is 3. The van der Waals surface area contributed by atoms with Gasteiger partial charge in [-0.15, -0.1) is 0 Å². The predicted octanol–water partition coefficient (Wildman–Crippen LogP) is 3.65. The lowest BCUT2D eigenvalue weighted by Gasteiger charge is -2.32. The van der Waals surface area contributed by atoms with Gasteiger partial charge in [-0.2, -0.15) is 13.2 Å². The number of aliphatic hydroxyl groups is 1. The zero-order chi connectivity index (χ0) is 24.8. The Morgan fingerprint density at radius 3 is 2.51 bits per heavy atom. The number of nitrogens with zero attached hydrogens (tertiary/aromatic N) is 2. The number of β-amino-alcohol motifs (C(OH)–C–C–N with tert-alkyl or cyclic N) is 1. The summed E-state index contributed by atoms with van der Waals surface area (Å²) in [5.41, 5.74) is 4.20. The molecule has 2 aromatic carbocycles. The lowest BCUT2D eigenvalue weighted by Crippen LogP contribution is -2.42. The maximum atomic E-state index is 12.7. The molecular weight excluding hydrogens is 455 g/mol. The van der Waals surface area contributed by atoms with Crippen molar-refractivity contribution in [3.8, 4) is 0 Å². The van der Waals surface area contributed by atoms with Crippen molar-refractivity contribution in [2.24, 2.45) is 5.92 Å². The fourth-order valence-corrected chi connectivity index (χ4v) is 5.16. The summed E-state index contributed by atoms with van der Waals surface area (Å²) in [6.07, 6.45) is -1.65. The molecule has 0 saturated carbocycles. The molecule has 2 heterocycles. The maximum absolute atomic E-state index is 12.7. The molecule has 2 aliphatic rings. The second-order valence-electron chi connectivity index (χ2n) is 9.86. The molecule has 0 aliphatic carbocycles. The number of likely N-dealkylation sites (tertiary alicyclic amines) is 1. The van der Waals surface area contributed by atoms with E-state index in [4.69, 9.17) is 0 Å². The Balaban J connectivity index is 1.21. The third kappa shape index (κ3) is 7.78. The van der Waals surface area contributed by atoms with E-state index < -0.39 is 18.8 Å². The quantitative estimate of drug-likeness (QED) is 0.595. The van der Waals surface area contributed by atoms with Gasteiger partial charge in [-0.05, 0) is 73.5 Å². The van der Waals surface area contributed by atoms with Gasteiger partial charge in [-0.1, -0.05) is 36.4 Å². The van der Waals surface area contributed by atoms with Crippen LogP contribution in [-0.2, 0) is 19.4 Å². The molecule has 0 spiro atoms. The summed E-state index contributed by atoms with van der Waals surface area (Å²) in [5.74, 6) is 0.0872. The number of rotatable bonds is 8. The number of benzene rings is 2. The first kappa shape index (κ1) is 25.7. The molecule has 5 nitrogen and oxygen atoms in total. The molecule has 0 bridgehead atoms. The van der Waals surface area contributed by atoms with Crippen LogP contribution in [0.15, 0.2) is 48.5 Å². The lowest BCUT2D eigenvalue weighted by molar-refractivity contribution is -0.148. The highest BCUT2D eigenvalue weighted by Gasteiger charge is 2.32. The number of hydrogen-bond donors (Lipinski definition) is 2. The molecule has 2 aromatic rings. The SMILES string of the molecule is O=C(NC[C@H](O)CN1CCc2ccccc2C1)c1cccc(CC2CCN(CC(F)(F)F)CC2)c1. The Morgan fingerprint density at radius 1 is 1.03 bits per heavy atom. The number of nitrogens with one attached hydrogen (secondary N) is 1. The van der Waals surface area contributed by atoms with Gasteiger partial charge < -0.3 is 10.4 Å². The molecule has 0 unspecified atom stereocenters. The molecule has 0 aromatic heterocycles. The number of fused-ring (bicyclic) bond motifs is 1. The first-order valence-corrected chi connectivity index (χ1v) is 12.4. The van der Waals surface area contributed by atoms with E-state index in [-0.39, 0.29) is 12.5 Å². The smallest absolute Gasteiger partial charge is 0.390 e. The van der Waals surface area contributed by atoms with Gasteiger partial charge in [0.15, 0.2) is 0 Å². The Hall–Kier alpha value is -2.42. The molecule has 2 aliphatic heterocycles. The number of carbonyl (C=O) groups is 1. The van der Waals surface area contributed by atoms with Crippen molar-refractivity contribution in [1.29, 1.82) is 0 Å². The highest BCUT2D eigenvalue weighted by molar-refractivity contribution is 5.94. The Bertz CT molecular complexity index is 990. The van der Waals surface area contributed by atoms with Crippen molar-refractivity contribution in [2.45, 2.75) is 44.5 Å². The average Bonchev–Trinajstić information content (AvgIpc) is 2.83. The Labute approximate surface area is 204 Å². The normalized spacial score (nSPS) is 18.7. The summed E-state index contributed by atoms with van der Waals surface area (Å²) >= 11 is 0. The van der Waals surface area contributed by atoms with Crippen LogP contribution in [0.25, 0.3) is 0 Å². The molecule has 8 heteroatoms. The zero-order valence-corrected chi connectivity index (χ0v) is 19.9. The van der Waals surface area contributed by atoms with Gasteiger partial charge >= 0.3 is 6.18 Å². The van der Waals surface area contributed by atoms with E-state index in [2.05, 4.69) is 28.4 Å². The van der Waals surface area contributed by atoms with E-state index in [1.807, 2.05) is 24.3 Å². The minimum absolute atomic E-state index is 0.179. The fraction of sp³-hybridized carbons (Fsp3) is 0.519. The van der Waals surface area contributed by atoms with E-state index in [0.29, 0.717) is 31.1 Å². The van der Waals surface area contributed by atoms with Gasteiger partial charge in [0.2, 0.25) is 0 Å². The number of hydrogen-bond acceptors (Lipinski definition) is 4. The molecule has 4 rings (SSSR count). The maximum Gasteiger partial charge on any atom is 0.401 e. The van der Waals surface area contributed by atoms with E-state index in [1.54, 1.807) is 6.07 Å². The number of aliphatic hydroxyl groups excluding tert-OH is 1. The Kier molecular flexibility index (Phi) is 8.46. The standard InChI is InChI=1S/C27H34F3N3O2/c28-27(29,30)19-32-11-8-20(9-12-32)14-21-4-3-7-23(15-21)26(35)31-16-25(34)18-33-13-10-22-5-1-2-6-24(22)17-33/h1-7,15,20,25,34H,8-14,16-19H2,(H,31,35)/t25-/m0/s1. The zero-order valence-electron chi connectivity index (χ0n) is 19.9. The number of piperidine rings is 1. The molecule has 1 fully saturated rings. The second-order valence-corrected chi connectivity index (χ2v) is 9.86. The third-order valence-corrected chi connectivity index (χ3v) is 7.00. The molecular formula is C27H34F3N3O2. The van der Waals surface area contributed by atoms with Crippen LogP contribution in [0.5, 0.6) is 0 Å². The van der Waals surface area contributed by atoms with Crippen LogP contribution in [0.3, 0.4) is 0 Å². The van der Waals surface area contributed by atoms with Crippen LogP contribution in [0.2, 0.25) is 0 Å². The number of amides is 1. The summed E-state index contributed by atoms with van der Waals surface area (Å²) in [6, 6.07) is 15.7. The van der Waals surface area contributed by atoms with Gasteiger partial charge in [-0.3, -0.25) is 14.6 Å². The van der Waals surface area contributed by atoms with E-state index in [1.165, 1.54) is 16.0 Å². The van der Waals surface area contributed by atoms with Crippen molar-refractivity contribution in [3.63, 3.8) is 0 Å². The molecule has 0 radical (unpaired) electrons. The van der Waals surface area contributed by atoms with E-state index in [9.17, 15) is 23.1 Å². The van der Waals surface area contributed by atoms with Crippen LogP contribution >= 0.6 is 0 Å². The number of carbonyl (C=O) groups excluding carboxylic acids is 1. The lowest BCUT2D eigenvalue weighted by atomic mass is 9.89. The molecule has 190 valence electrons. The summed E-state index contributed by atoms with van der Waals surface area (Å²) in [7, 11) is 0. The highest BCUT2D eigenvalue weighted by Crippen LogP contribution is 2.25. The summed E-state index contributed by atoms with van der Waals surface area (Å²) < 4.78 is 37.8. The summed E-state index contributed by atoms with van der Waals surface area (Å²) in [5, 5.41) is 13.3. The van der Waals surface area contributed by atoms with Crippen LogP contribution < -0.4 is 5.32 Å². The summed E-state index contributed by atoms with van der Waals surface area (Å²) in [6.45, 7) is 2.43. The van der Waals surface area contributed by atoms with Crippen LogP contribution in [0.1, 0.15) is 39.9 Å². The van der Waals surface area contributed by atoms with Crippen molar-refractivity contribution in [1.82, 2.24) is 15.1 Å².